The second kappa shape index (κ2) is 8.19. The Morgan fingerprint density at radius 1 is 1.33 bits per heavy atom. The summed E-state index contributed by atoms with van der Waals surface area (Å²) < 4.78 is 11.1. The highest BCUT2D eigenvalue weighted by molar-refractivity contribution is 5.45. The Bertz CT molecular complexity index is 421. The molecule has 0 radical (unpaired) electrons. The van der Waals surface area contributed by atoms with E-state index >= 15 is 0 Å². The maximum Gasteiger partial charge on any atom is 0.126 e. The minimum absolute atomic E-state index is 0.584. The lowest BCUT2D eigenvalue weighted by Gasteiger charge is -2.13. The first-order chi connectivity index (χ1) is 8.83. The van der Waals surface area contributed by atoms with Crippen LogP contribution in [0.15, 0.2) is 30.9 Å². The fourth-order valence-electron chi connectivity index (χ4n) is 1.71. The summed E-state index contributed by atoms with van der Waals surface area (Å²) in [5.41, 5.74) is 1.02. The molecule has 0 fully saturated rings. The number of benzene rings is 1. The van der Waals surface area contributed by atoms with Gasteiger partial charge < -0.3 is 9.47 Å². The molecule has 0 spiro atoms. The Labute approximate surface area is 109 Å². The maximum absolute atomic E-state index is 8.45. The molecular weight excluding hydrogens is 226 g/mol. The molecule has 0 aliphatic carbocycles. The molecule has 0 aliphatic heterocycles. The molecule has 0 bridgehead atoms. The molecule has 0 amide bonds. The summed E-state index contributed by atoms with van der Waals surface area (Å²) in [4.78, 5) is 0. The molecule has 0 atom stereocenters. The molecule has 18 heavy (non-hydrogen) atoms. The number of nitriles is 1. The van der Waals surface area contributed by atoms with Crippen molar-refractivity contribution in [2.24, 2.45) is 0 Å². The first-order valence-corrected chi connectivity index (χ1v) is 6.10. The molecule has 0 N–H and O–H groups in total. The average molecular weight is 245 g/mol. The summed E-state index contributed by atoms with van der Waals surface area (Å²) in [5.74, 6) is 1.66. The van der Waals surface area contributed by atoms with Gasteiger partial charge in [0.05, 0.1) is 19.8 Å². The number of hydrogen-bond donors (Lipinski definition) is 0. The molecule has 1 rings (SSSR count). The standard InChI is InChI=1S/C15H19NO2/c1-3-8-13-14(17-2)9-7-10-15(13)18-12-6-4-5-11-16/h3,7,9-10H,1,4-6,8,12H2,2H3. The van der Waals surface area contributed by atoms with Crippen LogP contribution in [-0.2, 0) is 6.42 Å². The Balaban J connectivity index is 2.63. The van der Waals surface area contributed by atoms with Crippen LogP contribution in [0.4, 0.5) is 0 Å². The van der Waals surface area contributed by atoms with Gasteiger partial charge >= 0.3 is 0 Å². The van der Waals surface area contributed by atoms with Gasteiger partial charge in [-0.3, -0.25) is 0 Å². The van der Waals surface area contributed by atoms with Crippen LogP contribution in [-0.4, -0.2) is 13.7 Å². The fraction of sp³-hybridized carbons (Fsp3) is 0.400. The predicted octanol–water partition coefficient (Wildman–Crippen LogP) is 3.50. The van der Waals surface area contributed by atoms with Gasteiger partial charge in [0.25, 0.3) is 0 Å². The quantitative estimate of drug-likeness (QED) is 0.520. The van der Waals surface area contributed by atoms with Gasteiger partial charge in [-0.1, -0.05) is 12.1 Å². The molecule has 0 saturated heterocycles. The Hall–Kier alpha value is -1.95. The summed E-state index contributed by atoms with van der Waals surface area (Å²) in [7, 11) is 1.65. The van der Waals surface area contributed by atoms with Crippen molar-refractivity contribution < 1.29 is 9.47 Å². The van der Waals surface area contributed by atoms with Crippen LogP contribution in [0.5, 0.6) is 11.5 Å². The van der Waals surface area contributed by atoms with E-state index in [1.807, 2.05) is 24.3 Å². The lowest BCUT2D eigenvalue weighted by Crippen LogP contribution is -2.01. The van der Waals surface area contributed by atoms with E-state index in [0.29, 0.717) is 13.0 Å². The number of methoxy groups -OCH3 is 1. The van der Waals surface area contributed by atoms with Crippen molar-refractivity contribution in [3.63, 3.8) is 0 Å². The molecule has 3 nitrogen and oxygen atoms in total. The molecule has 0 saturated carbocycles. The van der Waals surface area contributed by atoms with Crippen LogP contribution in [0, 0.1) is 11.3 Å². The monoisotopic (exact) mass is 245 g/mol. The molecule has 3 heteroatoms. The van der Waals surface area contributed by atoms with Crippen LogP contribution >= 0.6 is 0 Å². The van der Waals surface area contributed by atoms with Gasteiger partial charge in [-0.25, -0.2) is 0 Å². The second-order valence-corrected chi connectivity index (χ2v) is 3.89. The smallest absolute Gasteiger partial charge is 0.126 e. The highest BCUT2D eigenvalue weighted by Gasteiger charge is 2.08. The number of rotatable bonds is 8. The number of unbranched alkanes of at least 4 members (excludes halogenated alkanes) is 2. The molecular formula is C15H19NO2. The normalized spacial score (nSPS) is 9.56. The zero-order chi connectivity index (χ0) is 13.2. The van der Waals surface area contributed by atoms with Crippen LogP contribution in [0.2, 0.25) is 0 Å². The van der Waals surface area contributed by atoms with E-state index in [4.69, 9.17) is 14.7 Å². The topological polar surface area (TPSA) is 42.2 Å². The fourth-order valence-corrected chi connectivity index (χ4v) is 1.71. The van der Waals surface area contributed by atoms with E-state index in [1.165, 1.54) is 0 Å². The van der Waals surface area contributed by atoms with Gasteiger partial charge in [0.1, 0.15) is 11.5 Å². The van der Waals surface area contributed by atoms with Crippen molar-refractivity contribution >= 4 is 0 Å². The third-order valence-electron chi connectivity index (χ3n) is 2.60. The van der Waals surface area contributed by atoms with E-state index in [0.717, 1.165) is 36.3 Å². The number of ether oxygens (including phenoxy) is 2. The Kier molecular flexibility index (Phi) is 6.42. The molecule has 1 aromatic carbocycles. The predicted molar refractivity (Wildman–Crippen MR) is 71.9 cm³/mol. The van der Waals surface area contributed by atoms with E-state index < -0.39 is 0 Å². The third-order valence-corrected chi connectivity index (χ3v) is 2.60. The Morgan fingerprint density at radius 2 is 2.11 bits per heavy atom. The first-order valence-electron chi connectivity index (χ1n) is 6.10. The van der Waals surface area contributed by atoms with Gasteiger partial charge in [-0.2, -0.15) is 5.26 Å². The highest BCUT2D eigenvalue weighted by Crippen LogP contribution is 2.29. The van der Waals surface area contributed by atoms with Crippen molar-refractivity contribution in [1.82, 2.24) is 0 Å². The zero-order valence-electron chi connectivity index (χ0n) is 10.8. The third kappa shape index (κ3) is 4.14. The second-order valence-electron chi connectivity index (χ2n) is 3.89. The number of allylic oxidation sites excluding steroid dienone is 1. The van der Waals surface area contributed by atoms with Crippen LogP contribution in [0.3, 0.4) is 0 Å². The van der Waals surface area contributed by atoms with Crippen LogP contribution < -0.4 is 9.47 Å². The molecule has 0 unspecified atom stereocenters. The van der Waals surface area contributed by atoms with E-state index in [-0.39, 0.29) is 0 Å². The Morgan fingerprint density at radius 3 is 2.78 bits per heavy atom. The molecule has 1 aromatic rings. The van der Waals surface area contributed by atoms with E-state index in [2.05, 4.69) is 12.6 Å². The number of nitrogens with zero attached hydrogens (tertiary/aromatic N) is 1. The van der Waals surface area contributed by atoms with E-state index in [9.17, 15) is 0 Å². The van der Waals surface area contributed by atoms with Crippen molar-refractivity contribution in [3.8, 4) is 17.6 Å². The van der Waals surface area contributed by atoms with Crippen LogP contribution in [0.1, 0.15) is 24.8 Å². The van der Waals surface area contributed by atoms with E-state index in [1.54, 1.807) is 7.11 Å². The summed E-state index contributed by atoms with van der Waals surface area (Å²) in [6, 6.07) is 7.89. The van der Waals surface area contributed by atoms with Gasteiger partial charge in [-0.05, 0) is 31.4 Å². The molecule has 96 valence electrons. The lowest BCUT2D eigenvalue weighted by molar-refractivity contribution is 0.302. The van der Waals surface area contributed by atoms with Crippen molar-refractivity contribution in [1.29, 1.82) is 5.26 Å². The van der Waals surface area contributed by atoms with Crippen LogP contribution in [0.25, 0.3) is 0 Å². The summed E-state index contributed by atoms with van der Waals surface area (Å²) >= 11 is 0. The summed E-state index contributed by atoms with van der Waals surface area (Å²) in [6.07, 6.45) is 4.90. The summed E-state index contributed by atoms with van der Waals surface area (Å²) in [6.45, 7) is 4.37. The highest BCUT2D eigenvalue weighted by atomic mass is 16.5. The summed E-state index contributed by atoms with van der Waals surface area (Å²) in [5, 5.41) is 8.45. The maximum atomic E-state index is 8.45. The first kappa shape index (κ1) is 14.1. The van der Waals surface area contributed by atoms with Crippen molar-refractivity contribution in [3.05, 3.63) is 36.4 Å². The molecule has 0 heterocycles. The van der Waals surface area contributed by atoms with Gasteiger partial charge in [0, 0.05) is 12.0 Å². The number of hydrogen-bond acceptors (Lipinski definition) is 3. The zero-order valence-corrected chi connectivity index (χ0v) is 10.8. The largest absolute Gasteiger partial charge is 0.496 e. The minimum Gasteiger partial charge on any atom is -0.496 e. The average Bonchev–Trinajstić information content (AvgIpc) is 2.40. The minimum atomic E-state index is 0.584. The molecule has 0 aromatic heterocycles. The van der Waals surface area contributed by atoms with Gasteiger partial charge in [-0.15, -0.1) is 6.58 Å². The SMILES string of the molecule is C=CCc1c(OC)cccc1OCCCCC#N. The lowest BCUT2D eigenvalue weighted by atomic mass is 10.1. The van der Waals surface area contributed by atoms with Crippen molar-refractivity contribution in [2.75, 3.05) is 13.7 Å². The molecule has 0 aliphatic rings. The van der Waals surface area contributed by atoms with Gasteiger partial charge in [0.2, 0.25) is 0 Å². The van der Waals surface area contributed by atoms with Gasteiger partial charge in [0.15, 0.2) is 0 Å². The van der Waals surface area contributed by atoms with Crippen molar-refractivity contribution in [2.45, 2.75) is 25.7 Å².